The van der Waals surface area contributed by atoms with Crippen LogP contribution in [-0.4, -0.2) is 31.6 Å². The maximum Gasteiger partial charge on any atom is 0.227 e. The molecular formula is C11H15N3O3S. The summed E-state index contributed by atoms with van der Waals surface area (Å²) in [5.41, 5.74) is 1.49. The van der Waals surface area contributed by atoms with Crippen molar-refractivity contribution in [3.63, 3.8) is 0 Å². The summed E-state index contributed by atoms with van der Waals surface area (Å²) < 4.78 is 22.1. The van der Waals surface area contributed by atoms with Crippen LogP contribution in [0.1, 0.15) is 12.1 Å². The number of carbonyl (C=O) groups excluding carboxylic acids is 1. The minimum absolute atomic E-state index is 0.0836. The predicted molar refractivity (Wildman–Crippen MR) is 67.4 cm³/mol. The molecule has 98 valence electrons. The number of hydrogen-bond donors (Lipinski definition) is 1. The van der Waals surface area contributed by atoms with E-state index < -0.39 is 10.0 Å². The number of carbonyl (C=O) groups is 1. The third-order valence-corrected chi connectivity index (χ3v) is 3.88. The van der Waals surface area contributed by atoms with E-state index >= 15 is 0 Å². The Kier molecular flexibility index (Phi) is 3.36. The van der Waals surface area contributed by atoms with Gasteiger partial charge in [-0.25, -0.2) is 13.6 Å². The Morgan fingerprint density at radius 2 is 2.28 bits per heavy atom. The monoisotopic (exact) mass is 269 g/mol. The van der Waals surface area contributed by atoms with Crippen molar-refractivity contribution >= 4 is 21.6 Å². The summed E-state index contributed by atoms with van der Waals surface area (Å²) in [7, 11) is -3.54. The summed E-state index contributed by atoms with van der Waals surface area (Å²) in [5.74, 6) is -0.485. The van der Waals surface area contributed by atoms with Gasteiger partial charge in [0.15, 0.2) is 0 Å². The lowest BCUT2D eigenvalue weighted by atomic mass is 10.1. The van der Waals surface area contributed by atoms with Gasteiger partial charge in [-0.3, -0.25) is 9.78 Å². The lowest BCUT2D eigenvalue weighted by Gasteiger charge is -2.18. The second-order valence-corrected chi connectivity index (χ2v) is 6.17. The summed E-state index contributed by atoms with van der Waals surface area (Å²) >= 11 is 0. The van der Waals surface area contributed by atoms with Crippen molar-refractivity contribution < 1.29 is 13.2 Å². The average molecular weight is 269 g/mol. The van der Waals surface area contributed by atoms with Gasteiger partial charge in [0.1, 0.15) is 0 Å². The number of primary sulfonamides is 1. The molecule has 1 fully saturated rings. The number of rotatable bonds is 3. The molecule has 1 aromatic rings. The van der Waals surface area contributed by atoms with E-state index in [2.05, 4.69) is 4.98 Å². The SMILES string of the molecule is Cc1ncccc1N1CC(CS(N)(=O)=O)CC1=O. The third kappa shape index (κ3) is 2.85. The average Bonchev–Trinajstić information content (AvgIpc) is 2.57. The van der Waals surface area contributed by atoms with Crippen LogP contribution in [0.25, 0.3) is 0 Å². The topological polar surface area (TPSA) is 93.4 Å². The minimum atomic E-state index is -3.54. The number of nitrogens with two attached hydrogens (primary N) is 1. The van der Waals surface area contributed by atoms with Gasteiger partial charge in [-0.15, -0.1) is 0 Å². The van der Waals surface area contributed by atoms with E-state index in [9.17, 15) is 13.2 Å². The molecule has 1 saturated heterocycles. The number of sulfonamides is 1. The van der Waals surface area contributed by atoms with Crippen molar-refractivity contribution in [2.45, 2.75) is 13.3 Å². The summed E-state index contributed by atoms with van der Waals surface area (Å²) in [6.07, 6.45) is 1.87. The zero-order chi connectivity index (χ0) is 13.3. The molecule has 0 aromatic carbocycles. The van der Waals surface area contributed by atoms with Gasteiger partial charge in [0.05, 0.1) is 17.1 Å². The molecule has 1 aliphatic heterocycles. The van der Waals surface area contributed by atoms with Gasteiger partial charge >= 0.3 is 0 Å². The predicted octanol–water partition coefficient (Wildman–Crippen LogP) is 0.0314. The fraction of sp³-hybridized carbons (Fsp3) is 0.455. The van der Waals surface area contributed by atoms with E-state index in [1.807, 2.05) is 6.92 Å². The van der Waals surface area contributed by atoms with Gasteiger partial charge in [-0.05, 0) is 19.1 Å². The molecule has 0 saturated carbocycles. The molecule has 2 rings (SSSR count). The van der Waals surface area contributed by atoms with Crippen molar-refractivity contribution in [1.29, 1.82) is 0 Å². The number of nitrogens with zero attached hydrogens (tertiary/aromatic N) is 2. The Hall–Kier alpha value is -1.47. The summed E-state index contributed by atoms with van der Waals surface area (Å²) in [5, 5.41) is 5.00. The normalized spacial score (nSPS) is 20.4. The largest absolute Gasteiger partial charge is 0.310 e. The Bertz CT molecular complexity index is 571. The lowest BCUT2D eigenvalue weighted by Crippen LogP contribution is -2.28. The highest BCUT2D eigenvalue weighted by atomic mass is 32.2. The van der Waals surface area contributed by atoms with Gasteiger partial charge in [-0.1, -0.05) is 0 Å². The molecule has 2 N–H and O–H groups in total. The first-order valence-corrected chi connectivity index (χ1v) is 7.31. The molecule has 0 radical (unpaired) electrons. The highest BCUT2D eigenvalue weighted by molar-refractivity contribution is 7.89. The zero-order valence-corrected chi connectivity index (χ0v) is 10.9. The van der Waals surface area contributed by atoms with E-state index in [1.165, 1.54) is 0 Å². The molecular weight excluding hydrogens is 254 g/mol. The molecule has 0 spiro atoms. The van der Waals surface area contributed by atoms with Gasteiger partial charge in [0.25, 0.3) is 0 Å². The third-order valence-electron chi connectivity index (χ3n) is 2.94. The molecule has 1 amide bonds. The second-order valence-electron chi connectivity index (χ2n) is 4.51. The number of aromatic nitrogens is 1. The van der Waals surface area contributed by atoms with Crippen molar-refractivity contribution in [3.8, 4) is 0 Å². The first kappa shape index (κ1) is 13.0. The number of pyridine rings is 1. The number of anilines is 1. The second kappa shape index (κ2) is 4.66. The van der Waals surface area contributed by atoms with Crippen LogP contribution in [0, 0.1) is 12.8 Å². The highest BCUT2D eigenvalue weighted by Crippen LogP contribution is 2.27. The molecule has 1 aromatic heterocycles. The van der Waals surface area contributed by atoms with Gasteiger partial charge in [0.2, 0.25) is 15.9 Å². The molecule has 2 heterocycles. The quantitative estimate of drug-likeness (QED) is 0.837. The first-order valence-electron chi connectivity index (χ1n) is 5.59. The Labute approximate surface area is 106 Å². The van der Waals surface area contributed by atoms with Crippen molar-refractivity contribution in [2.24, 2.45) is 11.1 Å². The smallest absolute Gasteiger partial charge is 0.227 e. The fourth-order valence-corrected chi connectivity index (χ4v) is 3.10. The fourth-order valence-electron chi connectivity index (χ4n) is 2.22. The summed E-state index contributed by atoms with van der Waals surface area (Å²) in [4.78, 5) is 17.6. The van der Waals surface area contributed by atoms with E-state index in [4.69, 9.17) is 5.14 Å². The number of hydrogen-bond acceptors (Lipinski definition) is 4. The summed E-state index contributed by atoms with van der Waals surface area (Å²) in [6.45, 7) is 2.19. The highest BCUT2D eigenvalue weighted by Gasteiger charge is 2.33. The van der Waals surface area contributed by atoms with Crippen LogP contribution in [-0.2, 0) is 14.8 Å². The molecule has 1 aliphatic rings. The lowest BCUT2D eigenvalue weighted by molar-refractivity contribution is -0.117. The van der Waals surface area contributed by atoms with Crippen molar-refractivity contribution in [2.75, 3.05) is 17.2 Å². The number of aryl methyl sites for hydroxylation is 1. The maximum atomic E-state index is 11.9. The first-order chi connectivity index (χ1) is 8.37. The van der Waals surface area contributed by atoms with Gasteiger partial charge in [-0.2, -0.15) is 0 Å². The van der Waals surface area contributed by atoms with Gasteiger partial charge in [0, 0.05) is 25.1 Å². The van der Waals surface area contributed by atoms with Crippen LogP contribution in [0.5, 0.6) is 0 Å². The van der Waals surface area contributed by atoms with Crippen LogP contribution < -0.4 is 10.0 Å². The van der Waals surface area contributed by atoms with Crippen LogP contribution in [0.15, 0.2) is 18.3 Å². The van der Waals surface area contributed by atoms with Gasteiger partial charge < -0.3 is 4.90 Å². The van der Waals surface area contributed by atoms with Crippen LogP contribution >= 0.6 is 0 Å². The molecule has 18 heavy (non-hydrogen) atoms. The van der Waals surface area contributed by atoms with Crippen LogP contribution in [0.4, 0.5) is 5.69 Å². The molecule has 0 aliphatic carbocycles. The Morgan fingerprint density at radius 3 is 2.89 bits per heavy atom. The minimum Gasteiger partial charge on any atom is -0.310 e. The van der Waals surface area contributed by atoms with Crippen LogP contribution in [0.2, 0.25) is 0 Å². The number of amides is 1. The van der Waals surface area contributed by atoms with E-state index in [0.29, 0.717) is 6.54 Å². The zero-order valence-electron chi connectivity index (χ0n) is 10.0. The van der Waals surface area contributed by atoms with Crippen molar-refractivity contribution in [1.82, 2.24) is 4.98 Å². The van der Waals surface area contributed by atoms with E-state index in [1.54, 1.807) is 23.2 Å². The Morgan fingerprint density at radius 1 is 1.56 bits per heavy atom. The van der Waals surface area contributed by atoms with Crippen LogP contribution in [0.3, 0.4) is 0 Å². The maximum absolute atomic E-state index is 11.9. The Balaban J connectivity index is 2.18. The summed E-state index contributed by atoms with van der Waals surface area (Å²) in [6, 6.07) is 3.56. The molecule has 1 atom stereocenters. The molecule has 0 bridgehead atoms. The molecule has 6 nitrogen and oxygen atoms in total. The van der Waals surface area contributed by atoms with Crippen molar-refractivity contribution in [3.05, 3.63) is 24.0 Å². The van der Waals surface area contributed by atoms with E-state index in [-0.39, 0.29) is 24.0 Å². The standard InChI is InChI=1S/C11H15N3O3S/c1-8-10(3-2-4-13-8)14-6-9(5-11(14)15)7-18(12,16)17/h2-4,9H,5-7H2,1H3,(H2,12,16,17). The van der Waals surface area contributed by atoms with E-state index in [0.717, 1.165) is 11.4 Å². The molecule has 7 heteroatoms. The molecule has 1 unspecified atom stereocenters.